The van der Waals surface area contributed by atoms with Gasteiger partial charge in [0.2, 0.25) is 0 Å². The molecule has 0 aromatic heterocycles. The van der Waals surface area contributed by atoms with E-state index in [9.17, 15) is 9.90 Å². The highest BCUT2D eigenvalue weighted by molar-refractivity contribution is 5.66. The third-order valence-electron chi connectivity index (χ3n) is 13.1. The van der Waals surface area contributed by atoms with Crippen LogP contribution in [0.15, 0.2) is 12.7 Å². The Labute approximate surface area is 230 Å². The lowest BCUT2D eigenvalue weighted by atomic mass is 9.44. The molecule has 4 saturated carbocycles. The van der Waals surface area contributed by atoms with Gasteiger partial charge in [0.15, 0.2) is 6.10 Å². The smallest absolute Gasteiger partial charge is 0.303 e. The third-order valence-corrected chi connectivity index (χ3v) is 13.1. The number of carbonyl (C=O) groups is 1. The number of fused-ring (bicyclic) bond motifs is 5. The molecular formula is C32H53N2O4+. The monoisotopic (exact) mass is 529 g/mol. The highest BCUT2D eigenvalue weighted by atomic mass is 16.5. The van der Waals surface area contributed by atoms with Crippen molar-refractivity contribution >= 4 is 5.97 Å². The Hall–Kier alpha value is -0.950. The Balaban J connectivity index is 1.30. The van der Waals surface area contributed by atoms with Crippen LogP contribution < -0.4 is 0 Å². The summed E-state index contributed by atoms with van der Waals surface area (Å²) in [6, 6.07) is 0.663. The molecule has 2 aliphatic heterocycles. The first-order valence-corrected chi connectivity index (χ1v) is 15.9. The van der Waals surface area contributed by atoms with Crippen LogP contribution in [0.25, 0.3) is 0 Å². The molecule has 0 bridgehead atoms. The number of aliphatic hydroxyl groups is 1. The lowest BCUT2D eigenvalue weighted by molar-refractivity contribution is -0.937. The predicted molar refractivity (Wildman–Crippen MR) is 148 cm³/mol. The van der Waals surface area contributed by atoms with Crippen molar-refractivity contribution in [3.8, 4) is 0 Å². The maximum Gasteiger partial charge on any atom is 0.303 e. The first kappa shape index (κ1) is 27.2. The lowest BCUT2D eigenvalue weighted by Gasteiger charge is -2.62. The highest BCUT2D eigenvalue weighted by Gasteiger charge is 2.67. The molecule has 2 saturated heterocycles. The normalized spacial score (nSPS) is 48.5. The van der Waals surface area contributed by atoms with E-state index in [4.69, 9.17) is 9.47 Å². The predicted octanol–water partition coefficient (Wildman–Crippen LogP) is 4.41. The van der Waals surface area contributed by atoms with Crippen LogP contribution >= 0.6 is 0 Å². The van der Waals surface area contributed by atoms with Gasteiger partial charge in [-0.25, -0.2) is 0 Å². The summed E-state index contributed by atoms with van der Waals surface area (Å²) >= 11 is 0. The molecule has 0 radical (unpaired) electrons. The van der Waals surface area contributed by atoms with Crippen molar-refractivity contribution in [3.63, 3.8) is 0 Å². The van der Waals surface area contributed by atoms with Gasteiger partial charge in [-0.1, -0.05) is 20.4 Å². The molecule has 1 unspecified atom stereocenters. The lowest BCUT2D eigenvalue weighted by Crippen LogP contribution is -2.61. The molecule has 6 rings (SSSR count). The summed E-state index contributed by atoms with van der Waals surface area (Å²) in [6.45, 7) is 17.7. The zero-order valence-corrected chi connectivity index (χ0v) is 24.3. The van der Waals surface area contributed by atoms with E-state index < -0.39 is 0 Å². The second kappa shape index (κ2) is 10.2. The summed E-state index contributed by atoms with van der Waals surface area (Å²) in [6.07, 6.45) is 12.7. The zero-order valence-electron chi connectivity index (χ0n) is 24.3. The van der Waals surface area contributed by atoms with Crippen LogP contribution in [-0.2, 0) is 14.3 Å². The summed E-state index contributed by atoms with van der Waals surface area (Å²) in [5, 5.41) is 11.3. The molecule has 6 nitrogen and oxygen atoms in total. The second-order valence-corrected chi connectivity index (χ2v) is 14.6. The molecule has 0 aromatic carbocycles. The summed E-state index contributed by atoms with van der Waals surface area (Å²) in [5.74, 6) is 2.54. The summed E-state index contributed by atoms with van der Waals surface area (Å²) in [7, 11) is 0. The molecule has 10 atom stereocenters. The van der Waals surface area contributed by atoms with Crippen molar-refractivity contribution in [2.75, 3.05) is 45.9 Å². The van der Waals surface area contributed by atoms with E-state index in [2.05, 4.69) is 31.4 Å². The van der Waals surface area contributed by atoms with Gasteiger partial charge in [0.05, 0.1) is 39.0 Å². The molecule has 2 heterocycles. The Bertz CT molecular complexity index is 898. The molecule has 0 spiro atoms. The maximum atomic E-state index is 12.5. The van der Waals surface area contributed by atoms with E-state index in [-0.39, 0.29) is 35.0 Å². The van der Waals surface area contributed by atoms with E-state index >= 15 is 0 Å². The first-order chi connectivity index (χ1) is 18.2. The summed E-state index contributed by atoms with van der Waals surface area (Å²) in [5.41, 5.74) is 0.343. The van der Waals surface area contributed by atoms with Gasteiger partial charge < -0.3 is 19.1 Å². The van der Waals surface area contributed by atoms with Crippen LogP contribution in [0.1, 0.15) is 78.6 Å². The van der Waals surface area contributed by atoms with Gasteiger partial charge in [-0.3, -0.25) is 9.69 Å². The fourth-order valence-corrected chi connectivity index (χ4v) is 11.3. The van der Waals surface area contributed by atoms with Crippen LogP contribution in [0.4, 0.5) is 0 Å². The molecule has 0 amide bonds. The number of likely N-dealkylation sites (tertiary alicyclic amines) is 1. The number of nitrogens with zero attached hydrogens (tertiary/aromatic N) is 2. The topological polar surface area (TPSA) is 59.0 Å². The molecule has 214 valence electrons. The fraction of sp³-hybridized carbons (Fsp3) is 0.906. The SMILES string of the molecule is C=CC[N+]1([C@H]2C[C@H]3[C@@H]4CC[C@H]5C[C@H](O)[C@@H](N6CCOCC6)C[C@]5(C)C4CC[C@]3(C)[C@H]2OC(C)=O)CCCC1. The molecule has 0 aromatic rings. The number of hydrogen-bond donors (Lipinski definition) is 1. The number of carbonyl (C=O) groups excluding carboxylic acids is 1. The zero-order chi connectivity index (χ0) is 26.7. The van der Waals surface area contributed by atoms with Crippen LogP contribution in [0, 0.1) is 34.5 Å². The summed E-state index contributed by atoms with van der Waals surface area (Å²) in [4.78, 5) is 15.0. The molecule has 38 heavy (non-hydrogen) atoms. The van der Waals surface area contributed by atoms with Gasteiger partial charge >= 0.3 is 5.97 Å². The van der Waals surface area contributed by atoms with E-state index in [0.29, 0.717) is 29.7 Å². The Morgan fingerprint density at radius 1 is 1.11 bits per heavy atom. The minimum Gasteiger partial charge on any atom is -0.456 e. The number of quaternary nitrogens is 1. The van der Waals surface area contributed by atoms with Gasteiger partial charge in [0.1, 0.15) is 6.04 Å². The van der Waals surface area contributed by atoms with Crippen molar-refractivity contribution in [3.05, 3.63) is 12.7 Å². The highest BCUT2D eigenvalue weighted by Crippen LogP contribution is 2.67. The van der Waals surface area contributed by atoms with Gasteiger partial charge in [0.25, 0.3) is 0 Å². The average molecular weight is 530 g/mol. The molecule has 6 aliphatic rings. The maximum absolute atomic E-state index is 12.5. The van der Waals surface area contributed by atoms with E-state index in [1.54, 1.807) is 6.92 Å². The largest absolute Gasteiger partial charge is 0.456 e. The minimum absolute atomic E-state index is 0.0174. The fourth-order valence-electron chi connectivity index (χ4n) is 11.3. The molecule has 6 heteroatoms. The van der Waals surface area contributed by atoms with Crippen LogP contribution in [0.3, 0.4) is 0 Å². The Morgan fingerprint density at radius 2 is 1.84 bits per heavy atom. The number of hydrogen-bond acceptors (Lipinski definition) is 5. The number of morpholine rings is 1. The Morgan fingerprint density at radius 3 is 2.53 bits per heavy atom. The number of ether oxygens (including phenoxy) is 2. The van der Waals surface area contributed by atoms with Crippen LogP contribution in [-0.4, -0.2) is 90.7 Å². The van der Waals surface area contributed by atoms with Crippen LogP contribution in [0.2, 0.25) is 0 Å². The van der Waals surface area contributed by atoms with E-state index in [1.807, 2.05) is 0 Å². The van der Waals surface area contributed by atoms with Crippen molar-refractivity contribution in [2.45, 2.75) is 103 Å². The van der Waals surface area contributed by atoms with Crippen LogP contribution in [0.5, 0.6) is 0 Å². The van der Waals surface area contributed by atoms with Gasteiger partial charge in [-0.15, -0.1) is 0 Å². The third kappa shape index (κ3) is 4.23. The van der Waals surface area contributed by atoms with Crippen molar-refractivity contribution in [1.29, 1.82) is 0 Å². The van der Waals surface area contributed by atoms with E-state index in [1.165, 1.54) is 51.6 Å². The number of rotatable bonds is 5. The van der Waals surface area contributed by atoms with Crippen molar-refractivity contribution in [1.82, 2.24) is 4.90 Å². The molecule has 1 N–H and O–H groups in total. The minimum atomic E-state index is -0.209. The number of esters is 1. The summed E-state index contributed by atoms with van der Waals surface area (Å²) < 4.78 is 13.1. The first-order valence-electron chi connectivity index (χ1n) is 15.9. The standard InChI is InChI=1S/C32H53N2O4/c1-5-14-34(15-6-7-16-34)28-20-26-24-9-8-23-19-29(36)27(33-12-17-37-18-13-33)21-32(23,4)25(24)10-11-31(26,3)30(28)38-22(2)35/h5,23-30,36H,1,6-21H2,2-4H3/q+1/t23-,24+,25?,26-,27-,28-,29-,30-,31-,32-/m0/s1. The van der Waals surface area contributed by atoms with Gasteiger partial charge in [-0.2, -0.15) is 0 Å². The average Bonchev–Trinajstić information content (AvgIpc) is 3.48. The van der Waals surface area contributed by atoms with E-state index in [0.717, 1.165) is 56.6 Å². The molecule has 4 aliphatic carbocycles. The van der Waals surface area contributed by atoms with Gasteiger partial charge in [0, 0.05) is 50.7 Å². The molecular weight excluding hydrogens is 476 g/mol. The van der Waals surface area contributed by atoms with Crippen molar-refractivity contribution in [2.24, 2.45) is 34.5 Å². The second-order valence-electron chi connectivity index (χ2n) is 14.6. The van der Waals surface area contributed by atoms with Gasteiger partial charge in [-0.05, 0) is 73.7 Å². The van der Waals surface area contributed by atoms with Crippen molar-refractivity contribution < 1.29 is 23.9 Å². The Kier molecular flexibility index (Phi) is 7.27. The number of aliphatic hydroxyl groups excluding tert-OH is 1. The molecule has 6 fully saturated rings. The quantitative estimate of drug-likeness (QED) is 0.325.